The minimum atomic E-state index is 0.0336. The van der Waals surface area contributed by atoms with Crippen LogP contribution in [-0.2, 0) is 17.8 Å². The number of amides is 1. The zero-order valence-electron chi connectivity index (χ0n) is 18.4. The summed E-state index contributed by atoms with van der Waals surface area (Å²) in [6, 6.07) is 18.5. The van der Waals surface area contributed by atoms with Crippen LogP contribution in [0.3, 0.4) is 0 Å². The Morgan fingerprint density at radius 3 is 2.55 bits per heavy atom. The molecule has 0 saturated carbocycles. The van der Waals surface area contributed by atoms with E-state index in [1.54, 1.807) is 6.20 Å². The highest BCUT2D eigenvalue weighted by Crippen LogP contribution is 2.19. The quantitative estimate of drug-likeness (QED) is 0.444. The summed E-state index contributed by atoms with van der Waals surface area (Å²) in [4.78, 5) is 21.8. The van der Waals surface area contributed by atoms with Gasteiger partial charge in [-0.2, -0.15) is 0 Å². The van der Waals surface area contributed by atoms with Gasteiger partial charge in [0.1, 0.15) is 11.3 Å². The van der Waals surface area contributed by atoms with Crippen LogP contribution in [0, 0.1) is 20.8 Å². The fraction of sp³-hybridized carbons (Fsp3) is 0.269. The molecule has 31 heavy (non-hydrogen) atoms. The Morgan fingerprint density at radius 1 is 1.00 bits per heavy atom. The van der Waals surface area contributed by atoms with E-state index in [0.717, 1.165) is 47.6 Å². The number of imidazole rings is 1. The number of rotatable bonds is 7. The van der Waals surface area contributed by atoms with Crippen LogP contribution in [0.2, 0.25) is 0 Å². The van der Waals surface area contributed by atoms with Gasteiger partial charge in [0.05, 0.1) is 6.54 Å². The molecule has 2 aromatic heterocycles. The smallest absolute Gasteiger partial charge is 0.224 e. The molecule has 0 radical (unpaired) electrons. The molecule has 2 heterocycles. The highest BCUT2D eigenvalue weighted by molar-refractivity contribution is 5.91. The fourth-order valence-electron chi connectivity index (χ4n) is 3.81. The number of nitrogens with one attached hydrogen (secondary N) is 1. The molecule has 5 heteroatoms. The number of aromatic nitrogens is 3. The molecule has 0 atom stereocenters. The maximum absolute atomic E-state index is 12.5. The second kappa shape index (κ2) is 9.13. The molecule has 0 bridgehead atoms. The largest absolute Gasteiger partial charge is 0.326 e. The summed E-state index contributed by atoms with van der Waals surface area (Å²) >= 11 is 0. The topological polar surface area (TPSA) is 59.8 Å². The van der Waals surface area contributed by atoms with Crippen LogP contribution in [-0.4, -0.2) is 20.4 Å². The molecule has 4 rings (SSSR count). The minimum absolute atomic E-state index is 0.0336. The first kappa shape index (κ1) is 20.8. The highest BCUT2D eigenvalue weighted by atomic mass is 16.1. The van der Waals surface area contributed by atoms with Gasteiger partial charge in [-0.25, -0.2) is 9.97 Å². The summed E-state index contributed by atoms with van der Waals surface area (Å²) in [5.41, 5.74) is 7.39. The number of nitrogens with zero attached hydrogens (tertiary/aromatic N) is 3. The van der Waals surface area contributed by atoms with Crippen molar-refractivity contribution in [2.45, 2.75) is 46.6 Å². The van der Waals surface area contributed by atoms with Gasteiger partial charge < -0.3 is 9.88 Å². The Kier molecular flexibility index (Phi) is 6.12. The van der Waals surface area contributed by atoms with Gasteiger partial charge in [0.25, 0.3) is 0 Å². The van der Waals surface area contributed by atoms with E-state index < -0.39 is 0 Å². The predicted octanol–water partition coefficient (Wildman–Crippen LogP) is 5.37. The molecule has 2 aromatic carbocycles. The number of fused-ring (bicyclic) bond motifs is 1. The van der Waals surface area contributed by atoms with Crippen molar-refractivity contribution in [2.75, 3.05) is 5.32 Å². The standard InChI is InChI=1S/C26H28N4O/c1-18-9-12-21(13-10-18)17-30-24(28-23-6-5-15-27-26(23)30)7-4-8-25(31)29-22-14-11-19(2)16-20(22)3/h5-6,9-16H,4,7-8,17H2,1-3H3,(H,29,31). The van der Waals surface area contributed by atoms with Gasteiger partial charge in [0.2, 0.25) is 5.91 Å². The average molecular weight is 413 g/mol. The van der Waals surface area contributed by atoms with E-state index in [1.165, 1.54) is 16.7 Å². The average Bonchev–Trinajstić information content (AvgIpc) is 3.09. The number of carbonyl (C=O) groups excluding carboxylic acids is 1. The maximum Gasteiger partial charge on any atom is 0.224 e. The van der Waals surface area contributed by atoms with Gasteiger partial charge in [0, 0.05) is 24.7 Å². The summed E-state index contributed by atoms with van der Waals surface area (Å²) in [7, 11) is 0. The Labute approximate surface area is 183 Å². The lowest BCUT2D eigenvalue weighted by Crippen LogP contribution is -2.13. The Balaban J connectivity index is 1.45. The van der Waals surface area contributed by atoms with Gasteiger partial charge in [0.15, 0.2) is 5.65 Å². The van der Waals surface area contributed by atoms with Crippen LogP contribution in [0.5, 0.6) is 0 Å². The highest BCUT2D eigenvalue weighted by Gasteiger charge is 2.13. The molecular weight excluding hydrogens is 384 g/mol. The molecule has 5 nitrogen and oxygen atoms in total. The molecule has 0 aliphatic heterocycles. The second-order valence-electron chi connectivity index (χ2n) is 8.17. The van der Waals surface area contributed by atoms with Crippen LogP contribution < -0.4 is 5.32 Å². The summed E-state index contributed by atoms with van der Waals surface area (Å²) in [6.45, 7) is 6.88. The molecule has 0 fully saturated rings. The Hall–Kier alpha value is -3.47. The fourth-order valence-corrected chi connectivity index (χ4v) is 3.81. The summed E-state index contributed by atoms with van der Waals surface area (Å²) < 4.78 is 2.17. The van der Waals surface area contributed by atoms with E-state index in [2.05, 4.69) is 59.0 Å². The SMILES string of the molecule is Cc1ccc(Cn2c(CCCC(=O)Nc3ccc(C)cc3C)nc3cccnc32)cc1. The minimum Gasteiger partial charge on any atom is -0.326 e. The van der Waals surface area contributed by atoms with E-state index in [9.17, 15) is 4.79 Å². The molecule has 0 aliphatic rings. The van der Waals surface area contributed by atoms with Crippen LogP contribution in [0.1, 0.15) is 40.9 Å². The first-order valence-electron chi connectivity index (χ1n) is 10.7. The molecule has 1 amide bonds. The van der Waals surface area contributed by atoms with E-state index in [-0.39, 0.29) is 5.91 Å². The summed E-state index contributed by atoms with van der Waals surface area (Å²) in [5, 5.41) is 3.03. The van der Waals surface area contributed by atoms with Crippen molar-refractivity contribution in [3.8, 4) is 0 Å². The lowest BCUT2D eigenvalue weighted by Gasteiger charge is -2.10. The van der Waals surface area contributed by atoms with Crippen molar-refractivity contribution in [3.63, 3.8) is 0 Å². The van der Waals surface area contributed by atoms with Crippen LogP contribution in [0.15, 0.2) is 60.8 Å². The normalized spacial score (nSPS) is 11.1. The maximum atomic E-state index is 12.5. The molecule has 4 aromatic rings. The zero-order chi connectivity index (χ0) is 21.8. The van der Waals surface area contributed by atoms with Gasteiger partial charge in [-0.3, -0.25) is 4.79 Å². The van der Waals surface area contributed by atoms with Crippen molar-refractivity contribution in [3.05, 3.63) is 88.9 Å². The first-order chi connectivity index (χ1) is 15.0. The molecule has 158 valence electrons. The van der Waals surface area contributed by atoms with Gasteiger partial charge in [-0.1, -0.05) is 47.5 Å². The summed E-state index contributed by atoms with van der Waals surface area (Å²) in [6.07, 6.45) is 3.71. The number of hydrogen-bond acceptors (Lipinski definition) is 3. The third-order valence-electron chi connectivity index (χ3n) is 5.50. The van der Waals surface area contributed by atoms with E-state index >= 15 is 0 Å². The third kappa shape index (κ3) is 5.00. The number of hydrogen-bond donors (Lipinski definition) is 1. The van der Waals surface area contributed by atoms with Crippen molar-refractivity contribution < 1.29 is 4.79 Å². The number of aryl methyl sites for hydroxylation is 4. The molecule has 1 N–H and O–H groups in total. The summed E-state index contributed by atoms with van der Waals surface area (Å²) in [5.74, 6) is 1.000. The van der Waals surface area contributed by atoms with Crippen molar-refractivity contribution >= 4 is 22.8 Å². The number of carbonyl (C=O) groups is 1. The third-order valence-corrected chi connectivity index (χ3v) is 5.50. The van der Waals surface area contributed by atoms with Crippen molar-refractivity contribution in [1.82, 2.24) is 14.5 Å². The monoisotopic (exact) mass is 412 g/mol. The first-order valence-corrected chi connectivity index (χ1v) is 10.7. The van der Waals surface area contributed by atoms with Gasteiger partial charge in [-0.15, -0.1) is 0 Å². The molecule has 0 unspecified atom stereocenters. The van der Waals surface area contributed by atoms with Crippen molar-refractivity contribution in [1.29, 1.82) is 0 Å². The molecule has 0 spiro atoms. The number of anilines is 1. The number of pyridine rings is 1. The Morgan fingerprint density at radius 2 is 1.77 bits per heavy atom. The van der Waals surface area contributed by atoms with E-state index in [4.69, 9.17) is 4.98 Å². The molecule has 0 aliphatic carbocycles. The zero-order valence-corrected chi connectivity index (χ0v) is 18.4. The van der Waals surface area contributed by atoms with Gasteiger partial charge in [-0.05, 0) is 56.5 Å². The van der Waals surface area contributed by atoms with E-state index in [1.807, 2.05) is 31.2 Å². The van der Waals surface area contributed by atoms with Crippen LogP contribution in [0.4, 0.5) is 5.69 Å². The second-order valence-corrected chi connectivity index (χ2v) is 8.17. The van der Waals surface area contributed by atoms with Crippen molar-refractivity contribution in [2.24, 2.45) is 0 Å². The number of benzene rings is 2. The van der Waals surface area contributed by atoms with Gasteiger partial charge >= 0.3 is 0 Å². The molecule has 0 saturated heterocycles. The lowest BCUT2D eigenvalue weighted by molar-refractivity contribution is -0.116. The molecular formula is C26H28N4O. The predicted molar refractivity (Wildman–Crippen MR) is 125 cm³/mol. The van der Waals surface area contributed by atoms with Crippen LogP contribution >= 0.6 is 0 Å². The Bertz CT molecular complexity index is 1210. The van der Waals surface area contributed by atoms with Crippen LogP contribution in [0.25, 0.3) is 11.2 Å². The van der Waals surface area contributed by atoms with E-state index in [0.29, 0.717) is 6.42 Å². The lowest BCUT2D eigenvalue weighted by atomic mass is 10.1.